The molecule has 3 heteroatoms. The molecule has 1 N–H and O–H groups in total. The maximum Gasteiger partial charge on any atom is 0.220 e. The van der Waals surface area contributed by atoms with Gasteiger partial charge in [0.2, 0.25) is 5.91 Å². The van der Waals surface area contributed by atoms with E-state index in [2.05, 4.69) is 37.0 Å². The Bertz CT molecular complexity index is 279. The zero-order valence-corrected chi connectivity index (χ0v) is 16.2. The highest BCUT2D eigenvalue weighted by Gasteiger charge is 1.99. The van der Waals surface area contributed by atoms with E-state index in [0.717, 1.165) is 12.2 Å². The Morgan fingerprint density at radius 1 is 0.826 bits per heavy atom. The standard InChI is InChI=1S/C20H39NOS/c1-2-3-4-5-6-7-8-9-10-11-12-13-14-15-16-17-20(22)21-18-19-23/h9-10,23H,2-8,11-19H2,1H3,(H,21,22). The average molecular weight is 342 g/mol. The molecule has 0 heterocycles. The average Bonchev–Trinajstić information content (AvgIpc) is 2.56. The predicted molar refractivity (Wildman–Crippen MR) is 106 cm³/mol. The van der Waals surface area contributed by atoms with E-state index >= 15 is 0 Å². The first kappa shape index (κ1) is 22.6. The lowest BCUT2D eigenvalue weighted by atomic mass is 10.1. The van der Waals surface area contributed by atoms with Crippen molar-refractivity contribution in [3.8, 4) is 0 Å². The Hall–Kier alpha value is -0.440. The van der Waals surface area contributed by atoms with E-state index < -0.39 is 0 Å². The van der Waals surface area contributed by atoms with Crippen molar-refractivity contribution in [3.05, 3.63) is 12.2 Å². The van der Waals surface area contributed by atoms with Gasteiger partial charge < -0.3 is 5.32 Å². The van der Waals surface area contributed by atoms with Crippen molar-refractivity contribution >= 4 is 18.5 Å². The van der Waals surface area contributed by atoms with E-state index in [4.69, 9.17) is 0 Å². The maximum atomic E-state index is 11.4. The Balaban J connectivity index is 3.14. The molecule has 2 nitrogen and oxygen atoms in total. The topological polar surface area (TPSA) is 29.1 Å². The van der Waals surface area contributed by atoms with Crippen molar-refractivity contribution in [1.29, 1.82) is 0 Å². The van der Waals surface area contributed by atoms with Crippen LogP contribution in [0, 0.1) is 0 Å². The van der Waals surface area contributed by atoms with Crippen LogP contribution < -0.4 is 5.32 Å². The molecule has 0 bridgehead atoms. The largest absolute Gasteiger partial charge is 0.355 e. The zero-order chi connectivity index (χ0) is 17.0. The minimum atomic E-state index is 0.177. The van der Waals surface area contributed by atoms with Gasteiger partial charge in [0.1, 0.15) is 0 Å². The Kier molecular flexibility index (Phi) is 19.2. The molecule has 23 heavy (non-hydrogen) atoms. The molecule has 0 aromatic carbocycles. The fourth-order valence-corrected chi connectivity index (χ4v) is 2.75. The molecule has 0 aromatic heterocycles. The van der Waals surface area contributed by atoms with Crippen molar-refractivity contribution in [2.45, 2.75) is 96.8 Å². The van der Waals surface area contributed by atoms with Crippen molar-refractivity contribution in [2.75, 3.05) is 12.3 Å². The molecular formula is C20H39NOS. The molecule has 0 saturated carbocycles. The number of unbranched alkanes of at least 4 members (excludes halogenated alkanes) is 11. The second-order valence-electron chi connectivity index (χ2n) is 6.41. The van der Waals surface area contributed by atoms with Gasteiger partial charge in [-0.25, -0.2) is 0 Å². The molecule has 0 aliphatic rings. The number of nitrogens with one attached hydrogen (secondary N) is 1. The number of hydrogen-bond donors (Lipinski definition) is 2. The molecule has 0 fully saturated rings. The van der Waals surface area contributed by atoms with Crippen molar-refractivity contribution in [2.24, 2.45) is 0 Å². The van der Waals surface area contributed by atoms with Crippen LogP contribution in [0.15, 0.2) is 12.2 Å². The summed E-state index contributed by atoms with van der Waals surface area (Å²) in [6, 6.07) is 0. The van der Waals surface area contributed by atoms with Gasteiger partial charge in [-0.15, -0.1) is 0 Å². The molecule has 0 rings (SSSR count). The van der Waals surface area contributed by atoms with Gasteiger partial charge in [0, 0.05) is 18.7 Å². The fraction of sp³-hybridized carbons (Fsp3) is 0.850. The first-order chi connectivity index (χ1) is 11.3. The first-order valence-electron chi connectivity index (χ1n) is 9.83. The maximum absolute atomic E-state index is 11.4. The second kappa shape index (κ2) is 19.6. The predicted octanol–water partition coefficient (Wildman–Crippen LogP) is 6.07. The molecule has 0 aliphatic heterocycles. The van der Waals surface area contributed by atoms with E-state index in [0.29, 0.717) is 13.0 Å². The van der Waals surface area contributed by atoms with Crippen LogP contribution in [0.1, 0.15) is 96.8 Å². The van der Waals surface area contributed by atoms with Crippen molar-refractivity contribution in [3.63, 3.8) is 0 Å². The number of thiol groups is 1. The summed E-state index contributed by atoms with van der Waals surface area (Å²) in [6.07, 6.45) is 22.2. The van der Waals surface area contributed by atoms with Crippen LogP contribution in [0.4, 0.5) is 0 Å². The van der Waals surface area contributed by atoms with Gasteiger partial charge in [0.05, 0.1) is 0 Å². The molecule has 0 unspecified atom stereocenters. The van der Waals surface area contributed by atoms with Gasteiger partial charge in [-0.3, -0.25) is 4.79 Å². The minimum absolute atomic E-state index is 0.177. The third-order valence-electron chi connectivity index (χ3n) is 4.10. The fourth-order valence-electron chi connectivity index (χ4n) is 2.64. The van der Waals surface area contributed by atoms with E-state index in [9.17, 15) is 4.79 Å². The van der Waals surface area contributed by atoms with Gasteiger partial charge in [-0.2, -0.15) is 12.6 Å². The van der Waals surface area contributed by atoms with Crippen LogP contribution in [0.2, 0.25) is 0 Å². The summed E-state index contributed by atoms with van der Waals surface area (Å²) in [4.78, 5) is 11.4. The molecule has 0 aliphatic carbocycles. The number of hydrogen-bond acceptors (Lipinski definition) is 2. The summed E-state index contributed by atoms with van der Waals surface area (Å²) in [5, 5.41) is 2.86. The van der Waals surface area contributed by atoms with Crippen molar-refractivity contribution < 1.29 is 4.79 Å². The number of allylic oxidation sites excluding steroid dienone is 2. The van der Waals surface area contributed by atoms with Crippen LogP contribution >= 0.6 is 12.6 Å². The van der Waals surface area contributed by atoms with Crippen LogP contribution in [0.3, 0.4) is 0 Å². The SMILES string of the molecule is CCCCCCCCC=CCCCCCCCC(=O)NCCS. The lowest BCUT2D eigenvalue weighted by Gasteiger charge is -2.03. The van der Waals surface area contributed by atoms with E-state index in [1.54, 1.807) is 0 Å². The van der Waals surface area contributed by atoms with Crippen LogP contribution in [0.25, 0.3) is 0 Å². The molecule has 1 amide bonds. The van der Waals surface area contributed by atoms with Crippen LogP contribution in [-0.4, -0.2) is 18.2 Å². The van der Waals surface area contributed by atoms with E-state index in [-0.39, 0.29) is 5.91 Å². The number of rotatable bonds is 17. The van der Waals surface area contributed by atoms with Gasteiger partial charge >= 0.3 is 0 Å². The lowest BCUT2D eigenvalue weighted by molar-refractivity contribution is -0.121. The Morgan fingerprint density at radius 3 is 1.91 bits per heavy atom. The summed E-state index contributed by atoms with van der Waals surface area (Å²) < 4.78 is 0. The zero-order valence-electron chi connectivity index (χ0n) is 15.3. The summed E-state index contributed by atoms with van der Waals surface area (Å²) >= 11 is 4.08. The number of amides is 1. The molecule has 0 spiro atoms. The van der Waals surface area contributed by atoms with Gasteiger partial charge in [-0.1, -0.05) is 70.4 Å². The summed E-state index contributed by atoms with van der Waals surface area (Å²) in [5.74, 6) is 0.898. The molecule has 136 valence electrons. The molecular weight excluding hydrogens is 302 g/mol. The monoisotopic (exact) mass is 341 g/mol. The lowest BCUT2D eigenvalue weighted by Crippen LogP contribution is -2.24. The molecule has 0 saturated heterocycles. The summed E-state index contributed by atoms with van der Waals surface area (Å²) in [6.45, 7) is 2.96. The highest BCUT2D eigenvalue weighted by molar-refractivity contribution is 7.80. The Morgan fingerprint density at radius 2 is 1.35 bits per heavy atom. The third-order valence-corrected chi connectivity index (χ3v) is 4.32. The third kappa shape index (κ3) is 19.5. The van der Waals surface area contributed by atoms with E-state index in [1.165, 1.54) is 77.0 Å². The smallest absolute Gasteiger partial charge is 0.220 e. The number of carbonyl (C=O) groups excluding carboxylic acids is 1. The molecule has 0 atom stereocenters. The van der Waals surface area contributed by atoms with Crippen LogP contribution in [-0.2, 0) is 4.79 Å². The van der Waals surface area contributed by atoms with Crippen molar-refractivity contribution in [1.82, 2.24) is 5.32 Å². The molecule has 0 radical (unpaired) electrons. The highest BCUT2D eigenvalue weighted by atomic mass is 32.1. The normalized spacial score (nSPS) is 11.2. The quantitative estimate of drug-likeness (QED) is 0.188. The van der Waals surface area contributed by atoms with Gasteiger partial charge in [0.25, 0.3) is 0 Å². The van der Waals surface area contributed by atoms with Crippen LogP contribution in [0.5, 0.6) is 0 Å². The van der Waals surface area contributed by atoms with Gasteiger partial charge in [0.15, 0.2) is 0 Å². The number of carbonyl (C=O) groups is 1. The molecule has 0 aromatic rings. The van der Waals surface area contributed by atoms with E-state index in [1.807, 2.05) is 0 Å². The summed E-state index contributed by atoms with van der Waals surface area (Å²) in [7, 11) is 0. The first-order valence-corrected chi connectivity index (χ1v) is 10.5. The summed E-state index contributed by atoms with van der Waals surface area (Å²) in [5.41, 5.74) is 0. The Labute approximate surface area is 150 Å². The highest BCUT2D eigenvalue weighted by Crippen LogP contribution is 2.09. The van der Waals surface area contributed by atoms with Gasteiger partial charge in [-0.05, 0) is 32.1 Å². The minimum Gasteiger partial charge on any atom is -0.355 e. The second-order valence-corrected chi connectivity index (χ2v) is 6.86.